The van der Waals surface area contributed by atoms with E-state index in [0.717, 1.165) is 4.90 Å². The van der Waals surface area contributed by atoms with Crippen LogP contribution in [0, 0.1) is 5.92 Å². The molecule has 0 aromatic heterocycles. The smallest absolute Gasteiger partial charge is 0.417 e. The minimum Gasteiger partial charge on any atom is -0.467 e. The molecule has 0 N–H and O–H groups in total. The molecule has 0 unspecified atom stereocenters. The quantitative estimate of drug-likeness (QED) is 0.663. The first kappa shape index (κ1) is 14.5. The Balaban J connectivity index is 2.93. The molecule has 1 heterocycles. The molecule has 1 fully saturated rings. The highest BCUT2D eigenvalue weighted by atomic mass is 16.6. The number of rotatable bonds is 1. The van der Waals surface area contributed by atoms with E-state index in [9.17, 15) is 14.4 Å². The number of methoxy groups -OCH3 is 1. The van der Waals surface area contributed by atoms with E-state index >= 15 is 0 Å². The number of carbonyl (C=O) groups excluding carboxylic acids is 3. The van der Waals surface area contributed by atoms with E-state index in [1.54, 1.807) is 27.7 Å². The molecule has 0 saturated carbocycles. The topological polar surface area (TPSA) is 72.9 Å². The number of carbonyl (C=O) groups is 3. The molecule has 0 bridgehead atoms. The van der Waals surface area contributed by atoms with Crippen LogP contribution in [0.25, 0.3) is 0 Å². The van der Waals surface area contributed by atoms with Gasteiger partial charge in [0.25, 0.3) is 0 Å². The van der Waals surface area contributed by atoms with E-state index in [-0.39, 0.29) is 12.3 Å². The van der Waals surface area contributed by atoms with Crippen molar-refractivity contribution in [1.82, 2.24) is 4.90 Å². The van der Waals surface area contributed by atoms with Crippen LogP contribution < -0.4 is 0 Å². The van der Waals surface area contributed by atoms with Gasteiger partial charge in [-0.2, -0.15) is 0 Å². The first-order chi connectivity index (χ1) is 8.17. The summed E-state index contributed by atoms with van der Waals surface area (Å²) in [6, 6.07) is -0.891. The standard InChI is InChI=1S/C12H19NO5/c1-7-6-8(14)13(9(7)10(15)17-5)11(16)18-12(2,3)4/h7,9H,6H2,1-5H3/t7-,9-/m0/s1. The van der Waals surface area contributed by atoms with Crippen LogP contribution in [-0.4, -0.2) is 41.6 Å². The Morgan fingerprint density at radius 1 is 1.33 bits per heavy atom. The van der Waals surface area contributed by atoms with Gasteiger partial charge in [-0.1, -0.05) is 6.92 Å². The Labute approximate surface area is 106 Å². The molecule has 0 radical (unpaired) electrons. The normalized spacial score (nSPS) is 24.1. The van der Waals surface area contributed by atoms with E-state index in [2.05, 4.69) is 4.74 Å². The number of nitrogens with zero attached hydrogens (tertiary/aromatic N) is 1. The number of likely N-dealkylation sites (tertiary alicyclic amines) is 1. The third-order valence-electron chi connectivity index (χ3n) is 2.62. The number of imide groups is 1. The lowest BCUT2D eigenvalue weighted by atomic mass is 10.0. The van der Waals surface area contributed by atoms with Crippen LogP contribution in [0.15, 0.2) is 0 Å². The van der Waals surface area contributed by atoms with Crippen molar-refractivity contribution < 1.29 is 23.9 Å². The summed E-state index contributed by atoms with van der Waals surface area (Å²) in [5.74, 6) is -1.27. The van der Waals surface area contributed by atoms with Crippen LogP contribution in [0.1, 0.15) is 34.1 Å². The zero-order valence-corrected chi connectivity index (χ0v) is 11.4. The van der Waals surface area contributed by atoms with Crippen molar-refractivity contribution in [2.75, 3.05) is 7.11 Å². The summed E-state index contributed by atoms with van der Waals surface area (Å²) in [7, 11) is 1.23. The van der Waals surface area contributed by atoms with Crippen molar-refractivity contribution in [1.29, 1.82) is 0 Å². The Morgan fingerprint density at radius 2 is 1.89 bits per heavy atom. The molecule has 0 spiro atoms. The summed E-state index contributed by atoms with van der Waals surface area (Å²) >= 11 is 0. The Morgan fingerprint density at radius 3 is 2.33 bits per heavy atom. The fraction of sp³-hybridized carbons (Fsp3) is 0.750. The van der Waals surface area contributed by atoms with Gasteiger partial charge in [0.2, 0.25) is 5.91 Å². The van der Waals surface area contributed by atoms with Gasteiger partial charge in [-0.25, -0.2) is 14.5 Å². The number of amides is 2. The molecule has 1 aliphatic rings. The largest absolute Gasteiger partial charge is 0.467 e. The van der Waals surface area contributed by atoms with Gasteiger partial charge >= 0.3 is 12.1 Å². The average molecular weight is 257 g/mol. The fourth-order valence-electron chi connectivity index (χ4n) is 1.88. The van der Waals surface area contributed by atoms with Crippen LogP contribution >= 0.6 is 0 Å². The molecular formula is C12H19NO5. The van der Waals surface area contributed by atoms with Crippen molar-refractivity contribution in [2.45, 2.75) is 45.8 Å². The van der Waals surface area contributed by atoms with Crippen molar-refractivity contribution in [3.8, 4) is 0 Å². The van der Waals surface area contributed by atoms with Crippen LogP contribution in [-0.2, 0) is 19.1 Å². The summed E-state index contributed by atoms with van der Waals surface area (Å²) in [6.07, 6.45) is -0.661. The van der Waals surface area contributed by atoms with Crippen LogP contribution in [0.3, 0.4) is 0 Å². The molecule has 102 valence electrons. The monoisotopic (exact) mass is 257 g/mol. The number of ether oxygens (including phenoxy) is 2. The summed E-state index contributed by atoms with van der Waals surface area (Å²) in [4.78, 5) is 36.2. The molecule has 1 saturated heterocycles. The Kier molecular flexibility index (Phi) is 3.98. The predicted molar refractivity (Wildman–Crippen MR) is 62.7 cm³/mol. The van der Waals surface area contributed by atoms with E-state index < -0.39 is 29.6 Å². The highest BCUT2D eigenvalue weighted by molar-refractivity contribution is 5.99. The minimum atomic E-state index is -0.891. The third-order valence-corrected chi connectivity index (χ3v) is 2.62. The summed E-state index contributed by atoms with van der Waals surface area (Å²) in [6.45, 7) is 6.82. The highest BCUT2D eigenvalue weighted by Gasteiger charge is 2.47. The lowest BCUT2D eigenvalue weighted by Gasteiger charge is -2.27. The number of hydrogen-bond donors (Lipinski definition) is 0. The third kappa shape index (κ3) is 3.00. The zero-order chi connectivity index (χ0) is 14.1. The van der Waals surface area contributed by atoms with Gasteiger partial charge in [0.15, 0.2) is 0 Å². The van der Waals surface area contributed by atoms with E-state index in [0.29, 0.717) is 0 Å². The van der Waals surface area contributed by atoms with Crippen molar-refractivity contribution in [3.05, 3.63) is 0 Å². The van der Waals surface area contributed by atoms with Crippen molar-refractivity contribution in [3.63, 3.8) is 0 Å². The Hall–Kier alpha value is -1.59. The van der Waals surface area contributed by atoms with Gasteiger partial charge < -0.3 is 9.47 Å². The van der Waals surface area contributed by atoms with Crippen LogP contribution in [0.5, 0.6) is 0 Å². The predicted octanol–water partition coefficient (Wildman–Crippen LogP) is 1.33. The fourth-order valence-corrected chi connectivity index (χ4v) is 1.88. The minimum absolute atomic E-state index is 0.138. The highest BCUT2D eigenvalue weighted by Crippen LogP contribution is 2.27. The molecule has 6 heteroatoms. The first-order valence-corrected chi connectivity index (χ1v) is 5.80. The maximum atomic E-state index is 11.9. The van der Waals surface area contributed by atoms with Crippen LogP contribution in [0.2, 0.25) is 0 Å². The molecule has 1 aliphatic heterocycles. The second kappa shape index (κ2) is 4.96. The molecular weight excluding hydrogens is 238 g/mol. The second-order valence-electron chi connectivity index (χ2n) is 5.39. The van der Waals surface area contributed by atoms with Crippen molar-refractivity contribution in [2.24, 2.45) is 5.92 Å². The van der Waals surface area contributed by atoms with Crippen LogP contribution in [0.4, 0.5) is 4.79 Å². The summed E-state index contributed by atoms with van der Waals surface area (Å²) < 4.78 is 9.75. The summed E-state index contributed by atoms with van der Waals surface area (Å²) in [5.41, 5.74) is -0.718. The molecule has 6 nitrogen and oxygen atoms in total. The number of hydrogen-bond acceptors (Lipinski definition) is 5. The van der Waals surface area contributed by atoms with E-state index in [1.807, 2.05) is 0 Å². The molecule has 0 aromatic carbocycles. The molecule has 1 rings (SSSR count). The van der Waals surface area contributed by atoms with Gasteiger partial charge in [0.1, 0.15) is 11.6 Å². The first-order valence-electron chi connectivity index (χ1n) is 5.80. The molecule has 2 amide bonds. The van der Waals surface area contributed by atoms with Gasteiger partial charge in [-0.05, 0) is 26.7 Å². The lowest BCUT2D eigenvalue weighted by Crippen LogP contribution is -2.47. The average Bonchev–Trinajstić information content (AvgIpc) is 2.49. The van der Waals surface area contributed by atoms with Gasteiger partial charge in [-0.15, -0.1) is 0 Å². The van der Waals surface area contributed by atoms with E-state index in [1.165, 1.54) is 7.11 Å². The molecule has 2 atom stereocenters. The van der Waals surface area contributed by atoms with Gasteiger partial charge in [-0.3, -0.25) is 4.79 Å². The molecule has 18 heavy (non-hydrogen) atoms. The lowest BCUT2D eigenvalue weighted by molar-refractivity contribution is -0.149. The SMILES string of the molecule is COC(=O)[C@@H]1[C@@H](C)CC(=O)N1C(=O)OC(C)(C)C. The summed E-state index contributed by atoms with van der Waals surface area (Å²) in [5, 5.41) is 0. The molecule has 0 aliphatic carbocycles. The van der Waals surface area contributed by atoms with Crippen molar-refractivity contribution >= 4 is 18.0 Å². The Bertz CT molecular complexity index is 371. The maximum Gasteiger partial charge on any atom is 0.417 e. The second-order valence-corrected chi connectivity index (χ2v) is 5.39. The van der Waals surface area contributed by atoms with Gasteiger partial charge in [0.05, 0.1) is 7.11 Å². The van der Waals surface area contributed by atoms with Gasteiger partial charge in [0, 0.05) is 6.42 Å². The zero-order valence-electron chi connectivity index (χ0n) is 11.4. The molecule has 0 aromatic rings. The van der Waals surface area contributed by atoms with E-state index in [4.69, 9.17) is 4.74 Å². The maximum absolute atomic E-state index is 11.9. The number of esters is 1.